The second-order valence-corrected chi connectivity index (χ2v) is 9.37. The van der Waals surface area contributed by atoms with Gasteiger partial charge in [-0.15, -0.1) is 5.10 Å². The third-order valence-corrected chi connectivity index (χ3v) is 7.18. The Bertz CT molecular complexity index is 916. The van der Waals surface area contributed by atoms with Gasteiger partial charge < -0.3 is 4.42 Å². The number of hydrogen-bond acceptors (Lipinski definition) is 6. The molecule has 0 bridgehead atoms. The summed E-state index contributed by atoms with van der Waals surface area (Å²) in [5, 5.41) is 10.5. The summed E-state index contributed by atoms with van der Waals surface area (Å²) in [7, 11) is -2.06. The molecule has 1 amide bonds. The van der Waals surface area contributed by atoms with Crippen LogP contribution < -0.4 is 5.32 Å². The molecule has 1 heterocycles. The van der Waals surface area contributed by atoms with Gasteiger partial charge in [0.25, 0.3) is 5.91 Å². The minimum absolute atomic E-state index is 0.0572. The lowest BCUT2D eigenvalue weighted by Gasteiger charge is -2.20. The van der Waals surface area contributed by atoms with Gasteiger partial charge in [-0.25, -0.2) is 8.42 Å². The van der Waals surface area contributed by atoms with Crippen LogP contribution in [-0.2, 0) is 10.0 Å². The second-order valence-electron chi connectivity index (χ2n) is 7.37. The number of benzene rings is 1. The van der Waals surface area contributed by atoms with Gasteiger partial charge in [0.2, 0.25) is 15.9 Å². The zero-order valence-electron chi connectivity index (χ0n) is 16.4. The number of nitrogens with one attached hydrogen (secondary N) is 1. The minimum atomic E-state index is -3.59. The average molecular weight is 407 g/mol. The summed E-state index contributed by atoms with van der Waals surface area (Å²) >= 11 is 0. The van der Waals surface area contributed by atoms with Crippen molar-refractivity contribution in [1.82, 2.24) is 14.5 Å². The van der Waals surface area contributed by atoms with E-state index < -0.39 is 15.9 Å². The van der Waals surface area contributed by atoms with Crippen LogP contribution in [0.5, 0.6) is 0 Å². The van der Waals surface area contributed by atoms with Crippen molar-refractivity contribution >= 4 is 21.9 Å². The molecule has 1 aliphatic carbocycles. The van der Waals surface area contributed by atoms with Crippen LogP contribution in [0.4, 0.5) is 6.01 Å². The van der Waals surface area contributed by atoms with Crippen molar-refractivity contribution in [2.45, 2.75) is 62.8 Å². The smallest absolute Gasteiger partial charge is 0.322 e. The first-order chi connectivity index (χ1) is 13.3. The molecular weight excluding hydrogens is 380 g/mol. The fourth-order valence-electron chi connectivity index (χ4n) is 3.19. The maximum absolute atomic E-state index is 12.5. The molecule has 1 aromatic carbocycles. The standard InChI is InChI=1S/C19H26N4O4S/c1-13(2)23(3)28(25,26)16-11-9-14(10-12-16)17(24)20-19-22-21-18(27-19)15-7-5-4-6-8-15/h9-13,15H,4-8H2,1-3H3,(H,20,22,24). The van der Waals surface area contributed by atoms with Crippen LogP contribution in [-0.4, -0.2) is 41.9 Å². The Balaban J connectivity index is 1.67. The predicted molar refractivity (Wildman–Crippen MR) is 105 cm³/mol. The van der Waals surface area contributed by atoms with E-state index in [4.69, 9.17) is 4.42 Å². The molecule has 1 fully saturated rings. The van der Waals surface area contributed by atoms with Crippen LogP contribution in [0, 0.1) is 0 Å². The highest BCUT2D eigenvalue weighted by Crippen LogP contribution is 2.32. The van der Waals surface area contributed by atoms with Crippen LogP contribution in [0.2, 0.25) is 0 Å². The predicted octanol–water partition coefficient (Wildman–Crippen LogP) is 3.40. The summed E-state index contributed by atoms with van der Waals surface area (Å²) in [5.74, 6) is 0.391. The van der Waals surface area contributed by atoms with E-state index in [9.17, 15) is 13.2 Å². The van der Waals surface area contributed by atoms with Gasteiger partial charge in [-0.3, -0.25) is 10.1 Å². The van der Waals surface area contributed by atoms with Crippen molar-refractivity contribution in [2.75, 3.05) is 12.4 Å². The lowest BCUT2D eigenvalue weighted by molar-refractivity contribution is 0.102. The molecular formula is C19H26N4O4S. The highest BCUT2D eigenvalue weighted by molar-refractivity contribution is 7.89. The lowest BCUT2D eigenvalue weighted by atomic mass is 9.89. The Morgan fingerprint density at radius 1 is 1.14 bits per heavy atom. The number of carbonyl (C=O) groups excluding carboxylic acids is 1. The number of nitrogens with zero attached hydrogens (tertiary/aromatic N) is 3. The normalized spacial score (nSPS) is 15.9. The number of carbonyl (C=O) groups is 1. The van der Waals surface area contributed by atoms with Crippen LogP contribution in [0.1, 0.15) is 68.1 Å². The summed E-state index contributed by atoms with van der Waals surface area (Å²) in [6.45, 7) is 3.59. The highest BCUT2D eigenvalue weighted by Gasteiger charge is 2.24. The quantitative estimate of drug-likeness (QED) is 0.788. The van der Waals surface area contributed by atoms with E-state index in [1.54, 1.807) is 13.8 Å². The number of aromatic nitrogens is 2. The van der Waals surface area contributed by atoms with Crippen molar-refractivity contribution in [2.24, 2.45) is 0 Å². The number of amides is 1. The van der Waals surface area contributed by atoms with Crippen molar-refractivity contribution < 1.29 is 17.6 Å². The Morgan fingerprint density at radius 3 is 2.39 bits per heavy atom. The molecule has 0 saturated heterocycles. The zero-order chi connectivity index (χ0) is 20.3. The molecule has 0 radical (unpaired) electrons. The molecule has 1 aromatic heterocycles. The fourth-order valence-corrected chi connectivity index (χ4v) is 4.56. The van der Waals surface area contributed by atoms with E-state index in [0.717, 1.165) is 25.7 Å². The van der Waals surface area contributed by atoms with E-state index in [0.29, 0.717) is 11.5 Å². The van der Waals surface area contributed by atoms with Gasteiger partial charge >= 0.3 is 6.01 Å². The second kappa shape index (κ2) is 8.40. The first-order valence-electron chi connectivity index (χ1n) is 9.52. The molecule has 0 atom stereocenters. The molecule has 152 valence electrons. The SMILES string of the molecule is CC(C)N(C)S(=O)(=O)c1ccc(C(=O)Nc2nnc(C3CCCCC3)o2)cc1. The first-order valence-corrected chi connectivity index (χ1v) is 11.0. The summed E-state index contributed by atoms with van der Waals surface area (Å²) < 4.78 is 31.9. The van der Waals surface area contributed by atoms with Crippen LogP contribution in [0.15, 0.2) is 33.6 Å². The Kier molecular flexibility index (Phi) is 6.14. The molecule has 28 heavy (non-hydrogen) atoms. The molecule has 9 heteroatoms. The summed E-state index contributed by atoms with van der Waals surface area (Å²) in [5.41, 5.74) is 0.309. The average Bonchev–Trinajstić information content (AvgIpc) is 3.16. The maximum atomic E-state index is 12.5. The lowest BCUT2D eigenvalue weighted by Crippen LogP contribution is -2.33. The van der Waals surface area contributed by atoms with Crippen LogP contribution in [0.25, 0.3) is 0 Å². The van der Waals surface area contributed by atoms with E-state index >= 15 is 0 Å². The summed E-state index contributed by atoms with van der Waals surface area (Å²) in [6.07, 6.45) is 5.57. The third kappa shape index (κ3) is 4.41. The Morgan fingerprint density at radius 2 is 1.79 bits per heavy atom. The van der Waals surface area contributed by atoms with Gasteiger partial charge in [-0.2, -0.15) is 4.31 Å². The topological polar surface area (TPSA) is 105 Å². The van der Waals surface area contributed by atoms with E-state index in [-0.39, 0.29) is 22.9 Å². The van der Waals surface area contributed by atoms with Crippen LogP contribution >= 0.6 is 0 Å². The third-order valence-electron chi connectivity index (χ3n) is 5.14. The molecule has 0 spiro atoms. The molecule has 0 unspecified atom stereocenters. The van der Waals surface area contributed by atoms with Crippen molar-refractivity contribution in [3.8, 4) is 0 Å². The molecule has 0 aliphatic heterocycles. The zero-order valence-corrected chi connectivity index (χ0v) is 17.2. The Hall–Kier alpha value is -2.26. The summed E-state index contributed by atoms with van der Waals surface area (Å²) in [4.78, 5) is 12.5. The van der Waals surface area contributed by atoms with E-state index in [2.05, 4.69) is 15.5 Å². The molecule has 3 rings (SSSR count). The minimum Gasteiger partial charge on any atom is -0.408 e. The van der Waals surface area contributed by atoms with E-state index in [1.165, 1.54) is 42.0 Å². The highest BCUT2D eigenvalue weighted by atomic mass is 32.2. The Labute approximate surface area is 165 Å². The van der Waals surface area contributed by atoms with Gasteiger partial charge in [-0.05, 0) is 51.0 Å². The number of rotatable bonds is 6. The van der Waals surface area contributed by atoms with Gasteiger partial charge in [0.1, 0.15) is 0 Å². The van der Waals surface area contributed by atoms with Crippen molar-refractivity contribution in [3.63, 3.8) is 0 Å². The van der Waals surface area contributed by atoms with Gasteiger partial charge in [0.05, 0.1) is 4.90 Å². The van der Waals surface area contributed by atoms with Gasteiger partial charge in [0, 0.05) is 24.6 Å². The van der Waals surface area contributed by atoms with Crippen molar-refractivity contribution in [3.05, 3.63) is 35.7 Å². The van der Waals surface area contributed by atoms with Gasteiger partial charge in [0.15, 0.2) is 0 Å². The van der Waals surface area contributed by atoms with Gasteiger partial charge in [-0.1, -0.05) is 24.4 Å². The largest absolute Gasteiger partial charge is 0.408 e. The fraction of sp³-hybridized carbons (Fsp3) is 0.526. The maximum Gasteiger partial charge on any atom is 0.322 e. The number of hydrogen-bond donors (Lipinski definition) is 1. The van der Waals surface area contributed by atoms with E-state index in [1.807, 2.05) is 0 Å². The first kappa shape index (κ1) is 20.5. The van der Waals surface area contributed by atoms with Crippen LogP contribution in [0.3, 0.4) is 0 Å². The molecule has 2 aromatic rings. The molecule has 1 saturated carbocycles. The molecule has 1 aliphatic rings. The van der Waals surface area contributed by atoms with Crippen molar-refractivity contribution in [1.29, 1.82) is 0 Å². The number of anilines is 1. The number of sulfonamides is 1. The summed E-state index contributed by atoms with van der Waals surface area (Å²) in [6, 6.07) is 5.67. The monoisotopic (exact) mass is 406 g/mol. The molecule has 8 nitrogen and oxygen atoms in total. The molecule has 1 N–H and O–H groups in total.